The molecule has 4 nitrogen and oxygen atoms in total. The highest BCUT2D eigenvalue weighted by atomic mass is 32.1. The Labute approximate surface area is 195 Å². The van der Waals surface area contributed by atoms with E-state index in [0.29, 0.717) is 14.9 Å². The molecule has 2 heterocycles. The van der Waals surface area contributed by atoms with Gasteiger partial charge in [-0.25, -0.2) is 4.99 Å². The largest absolute Gasteiger partial charge is 0.507 e. The van der Waals surface area contributed by atoms with Gasteiger partial charge < -0.3 is 5.11 Å². The molecule has 6 rings (SSSR count). The third kappa shape index (κ3) is 3.28. The SMILES string of the molecule is Cc1ccc([C@H]2C3=C(N=c4s/c(=C\c5ccccc5O)c(=O)n42)c2ccccc2CC3)cc1. The van der Waals surface area contributed by atoms with Gasteiger partial charge in [-0.3, -0.25) is 9.36 Å². The molecular weight excluding hydrogens is 428 g/mol. The fourth-order valence-corrected chi connectivity index (χ4v) is 5.81. The van der Waals surface area contributed by atoms with Gasteiger partial charge in [0.2, 0.25) is 0 Å². The lowest BCUT2D eigenvalue weighted by Crippen LogP contribution is -2.38. The van der Waals surface area contributed by atoms with E-state index >= 15 is 0 Å². The standard InChI is InChI=1S/C28H22N2O2S/c1-17-10-12-19(13-11-17)26-22-15-14-18-6-2-4-8-21(18)25(22)29-28-30(26)27(32)24(33-28)16-20-7-3-5-9-23(20)31/h2-13,16,26,31H,14-15H2,1H3/b24-16-/t26-/m0/s1. The van der Waals surface area contributed by atoms with Gasteiger partial charge in [0, 0.05) is 11.1 Å². The average molecular weight is 451 g/mol. The Hall–Kier alpha value is -3.70. The van der Waals surface area contributed by atoms with Gasteiger partial charge in [0.25, 0.3) is 5.56 Å². The number of thiazole rings is 1. The third-order valence-corrected chi connectivity index (χ3v) is 7.47. The minimum Gasteiger partial charge on any atom is -0.507 e. The highest BCUT2D eigenvalue weighted by molar-refractivity contribution is 7.07. The highest BCUT2D eigenvalue weighted by Crippen LogP contribution is 2.41. The molecule has 1 aliphatic heterocycles. The Balaban J connectivity index is 1.64. The highest BCUT2D eigenvalue weighted by Gasteiger charge is 2.32. The molecule has 0 unspecified atom stereocenters. The van der Waals surface area contributed by atoms with E-state index in [4.69, 9.17) is 4.99 Å². The lowest BCUT2D eigenvalue weighted by atomic mass is 9.83. The lowest BCUT2D eigenvalue weighted by Gasteiger charge is -2.30. The first-order chi connectivity index (χ1) is 16.1. The van der Waals surface area contributed by atoms with Crippen LogP contribution in [0, 0.1) is 6.92 Å². The van der Waals surface area contributed by atoms with Crippen molar-refractivity contribution in [1.29, 1.82) is 0 Å². The average Bonchev–Trinajstić information content (AvgIpc) is 3.14. The Morgan fingerprint density at radius 3 is 2.58 bits per heavy atom. The van der Waals surface area contributed by atoms with Gasteiger partial charge in [-0.05, 0) is 48.6 Å². The lowest BCUT2D eigenvalue weighted by molar-refractivity contribution is 0.474. The topological polar surface area (TPSA) is 54.6 Å². The zero-order valence-corrected chi connectivity index (χ0v) is 19.0. The minimum absolute atomic E-state index is 0.0713. The molecule has 0 radical (unpaired) electrons. The molecule has 2 aliphatic rings. The van der Waals surface area contributed by atoms with Gasteiger partial charge in [-0.2, -0.15) is 0 Å². The number of rotatable bonds is 2. The van der Waals surface area contributed by atoms with Crippen molar-refractivity contribution in [2.24, 2.45) is 4.99 Å². The van der Waals surface area contributed by atoms with Gasteiger partial charge in [0.15, 0.2) is 4.80 Å². The van der Waals surface area contributed by atoms with Gasteiger partial charge in [0.05, 0.1) is 16.3 Å². The molecule has 0 bridgehead atoms. The van der Waals surface area contributed by atoms with Gasteiger partial charge in [0.1, 0.15) is 5.75 Å². The van der Waals surface area contributed by atoms with E-state index < -0.39 is 0 Å². The molecule has 0 amide bonds. The maximum atomic E-state index is 13.7. The summed E-state index contributed by atoms with van der Waals surface area (Å²) < 4.78 is 2.41. The van der Waals surface area contributed by atoms with E-state index in [1.165, 1.54) is 28.0 Å². The number of phenols is 1. The summed E-state index contributed by atoms with van der Waals surface area (Å²) in [4.78, 5) is 19.4. The summed E-state index contributed by atoms with van der Waals surface area (Å²) in [7, 11) is 0. The number of benzene rings is 3. The number of aromatic nitrogens is 1. The molecule has 162 valence electrons. The summed E-state index contributed by atoms with van der Waals surface area (Å²) in [5.74, 6) is 0.159. The van der Waals surface area contributed by atoms with Crippen molar-refractivity contribution in [2.75, 3.05) is 0 Å². The molecule has 33 heavy (non-hydrogen) atoms. The van der Waals surface area contributed by atoms with Crippen molar-refractivity contribution >= 4 is 23.1 Å². The normalized spacial score (nSPS) is 17.2. The van der Waals surface area contributed by atoms with Crippen LogP contribution >= 0.6 is 11.3 Å². The molecule has 0 saturated heterocycles. The number of hydrogen-bond donors (Lipinski definition) is 1. The quantitative estimate of drug-likeness (QED) is 0.494. The van der Waals surface area contributed by atoms with Crippen molar-refractivity contribution in [1.82, 2.24) is 4.57 Å². The van der Waals surface area contributed by atoms with Gasteiger partial charge >= 0.3 is 0 Å². The number of fused-ring (bicyclic) bond motifs is 3. The molecule has 4 aromatic rings. The molecule has 1 aromatic heterocycles. The Morgan fingerprint density at radius 2 is 1.76 bits per heavy atom. The van der Waals surface area contributed by atoms with Crippen LogP contribution in [-0.2, 0) is 6.42 Å². The van der Waals surface area contributed by atoms with Crippen molar-refractivity contribution in [3.63, 3.8) is 0 Å². The van der Waals surface area contributed by atoms with Crippen molar-refractivity contribution in [3.05, 3.63) is 126 Å². The number of nitrogens with zero attached hydrogens (tertiary/aromatic N) is 2. The molecule has 1 N–H and O–H groups in total. The minimum atomic E-state index is -0.184. The van der Waals surface area contributed by atoms with Crippen LogP contribution in [0.3, 0.4) is 0 Å². The number of allylic oxidation sites excluding steroid dienone is 1. The Kier molecular flexibility index (Phi) is 4.66. The van der Waals surface area contributed by atoms with Crippen LogP contribution in [-0.4, -0.2) is 9.67 Å². The third-order valence-electron chi connectivity index (χ3n) is 6.49. The first kappa shape index (κ1) is 19.9. The number of phenolic OH excluding ortho intramolecular Hbond substituents is 1. The second-order valence-corrected chi connectivity index (χ2v) is 9.59. The van der Waals surface area contributed by atoms with Crippen LogP contribution in [0.1, 0.15) is 40.3 Å². The van der Waals surface area contributed by atoms with Gasteiger partial charge in [-0.1, -0.05) is 83.6 Å². The predicted molar refractivity (Wildman–Crippen MR) is 132 cm³/mol. The molecule has 0 fully saturated rings. The summed E-state index contributed by atoms with van der Waals surface area (Å²) in [6.45, 7) is 2.07. The van der Waals surface area contributed by atoms with Crippen LogP contribution in [0.25, 0.3) is 11.8 Å². The summed E-state index contributed by atoms with van der Waals surface area (Å²) >= 11 is 1.38. The summed E-state index contributed by atoms with van der Waals surface area (Å²) in [5, 5.41) is 10.2. The predicted octanol–water partition coefficient (Wildman–Crippen LogP) is 4.33. The molecule has 1 atom stereocenters. The van der Waals surface area contributed by atoms with Crippen LogP contribution in [0.4, 0.5) is 0 Å². The maximum absolute atomic E-state index is 13.7. The van der Waals surface area contributed by atoms with Crippen molar-refractivity contribution in [3.8, 4) is 5.75 Å². The number of aromatic hydroxyl groups is 1. The zero-order valence-electron chi connectivity index (χ0n) is 18.2. The Morgan fingerprint density at radius 1 is 1.00 bits per heavy atom. The van der Waals surface area contributed by atoms with E-state index in [2.05, 4.69) is 55.5 Å². The smallest absolute Gasteiger partial charge is 0.271 e. The zero-order chi connectivity index (χ0) is 22.5. The van der Waals surface area contributed by atoms with E-state index in [1.807, 2.05) is 16.7 Å². The van der Waals surface area contributed by atoms with Crippen LogP contribution in [0.15, 0.2) is 88.2 Å². The number of hydrogen-bond acceptors (Lipinski definition) is 4. The maximum Gasteiger partial charge on any atom is 0.271 e. The summed E-state index contributed by atoms with van der Waals surface area (Å²) in [5.41, 5.74) is 7.50. The fraction of sp³-hybridized carbons (Fsp3) is 0.143. The molecule has 0 spiro atoms. The van der Waals surface area contributed by atoms with E-state index in [1.54, 1.807) is 18.2 Å². The first-order valence-corrected chi connectivity index (χ1v) is 11.9. The number of para-hydroxylation sites is 1. The molecule has 0 saturated carbocycles. The van der Waals surface area contributed by atoms with Crippen molar-refractivity contribution < 1.29 is 5.11 Å². The molecule has 3 aromatic carbocycles. The second kappa shape index (κ2) is 7.71. The van der Waals surface area contributed by atoms with E-state index in [0.717, 1.165) is 29.7 Å². The van der Waals surface area contributed by atoms with Crippen molar-refractivity contribution in [2.45, 2.75) is 25.8 Å². The van der Waals surface area contributed by atoms with Crippen LogP contribution in [0.5, 0.6) is 5.75 Å². The monoisotopic (exact) mass is 450 g/mol. The van der Waals surface area contributed by atoms with E-state index in [9.17, 15) is 9.90 Å². The second-order valence-electron chi connectivity index (χ2n) is 8.58. The van der Waals surface area contributed by atoms with Crippen LogP contribution in [0.2, 0.25) is 0 Å². The van der Waals surface area contributed by atoms with E-state index in [-0.39, 0.29) is 17.4 Å². The Bertz CT molecular complexity index is 1610. The molecular formula is C28H22N2O2S. The summed E-state index contributed by atoms with van der Waals surface area (Å²) in [6, 6.07) is 23.8. The van der Waals surface area contributed by atoms with Crippen LogP contribution < -0.4 is 14.9 Å². The fourth-order valence-electron chi connectivity index (χ4n) is 4.82. The van der Waals surface area contributed by atoms with Gasteiger partial charge in [-0.15, -0.1) is 0 Å². The molecule has 1 aliphatic carbocycles. The molecule has 5 heteroatoms. The summed E-state index contributed by atoms with van der Waals surface area (Å²) in [6.07, 6.45) is 3.58. The first-order valence-electron chi connectivity index (χ1n) is 11.1. The number of aryl methyl sites for hydroxylation is 2.